The number of aromatic nitrogens is 4. The summed E-state index contributed by atoms with van der Waals surface area (Å²) in [7, 11) is 0. The van der Waals surface area contributed by atoms with Crippen molar-refractivity contribution >= 4 is 68.0 Å². The zero-order valence-corrected chi connectivity index (χ0v) is 22.1. The lowest BCUT2D eigenvalue weighted by atomic mass is 10.1. The van der Waals surface area contributed by atoms with Gasteiger partial charge in [-0.3, -0.25) is 18.7 Å². The number of benzene rings is 2. The number of hydrogen-bond donors (Lipinski definition) is 1. The quantitative estimate of drug-likeness (QED) is 0.154. The van der Waals surface area contributed by atoms with Crippen LogP contribution in [0.15, 0.2) is 70.1 Å². The molecule has 0 saturated heterocycles. The molecule has 0 unspecified atom stereocenters. The fraction of sp³-hybridized carbons (Fsp3) is 0.125. The van der Waals surface area contributed by atoms with Crippen molar-refractivity contribution in [2.75, 3.05) is 11.1 Å². The molecule has 1 amide bonds. The maximum Gasteiger partial charge on any atom is 0.278 e. The summed E-state index contributed by atoms with van der Waals surface area (Å²) in [6.45, 7) is 2.08. The van der Waals surface area contributed by atoms with Crippen molar-refractivity contribution in [3.8, 4) is 11.4 Å². The summed E-state index contributed by atoms with van der Waals surface area (Å²) >= 11 is 9.20. The summed E-state index contributed by atoms with van der Waals surface area (Å²) in [4.78, 5) is 35.1. The minimum atomic E-state index is -0.421. The topological polar surface area (TPSA) is 81.8 Å². The van der Waals surface area contributed by atoms with E-state index in [1.807, 2.05) is 24.3 Å². The van der Waals surface area contributed by atoms with E-state index in [1.165, 1.54) is 57.1 Å². The van der Waals surface area contributed by atoms with Gasteiger partial charge in [-0.15, -0.1) is 11.3 Å². The van der Waals surface area contributed by atoms with Crippen LogP contribution in [-0.4, -0.2) is 30.8 Å². The number of carbonyl (C=O) groups excluding carboxylic acids is 1. The number of nitrogens with zero attached hydrogens (tertiary/aromatic N) is 4. The fourth-order valence-corrected chi connectivity index (χ4v) is 6.18. The molecule has 182 valence electrons. The van der Waals surface area contributed by atoms with E-state index in [9.17, 15) is 14.0 Å². The Labute approximate surface area is 222 Å². The molecule has 36 heavy (non-hydrogen) atoms. The Balaban J connectivity index is 1.62. The van der Waals surface area contributed by atoms with E-state index in [0.717, 1.165) is 23.9 Å². The predicted octanol–water partition coefficient (Wildman–Crippen LogP) is 5.86. The van der Waals surface area contributed by atoms with Gasteiger partial charge >= 0.3 is 0 Å². The van der Waals surface area contributed by atoms with Gasteiger partial charge in [-0.1, -0.05) is 42.2 Å². The van der Waals surface area contributed by atoms with Gasteiger partial charge in [-0.25, -0.2) is 14.4 Å². The summed E-state index contributed by atoms with van der Waals surface area (Å²) < 4.78 is 17.6. The van der Waals surface area contributed by atoms with Gasteiger partial charge in [0.15, 0.2) is 19.9 Å². The van der Waals surface area contributed by atoms with Crippen LogP contribution in [0, 0.1) is 9.77 Å². The second kappa shape index (κ2) is 10.4. The normalized spacial score (nSPS) is 11.2. The van der Waals surface area contributed by atoms with Crippen LogP contribution in [0.4, 0.5) is 9.52 Å². The Morgan fingerprint density at radius 1 is 1.11 bits per heavy atom. The van der Waals surface area contributed by atoms with Crippen LogP contribution in [0.5, 0.6) is 0 Å². The molecule has 2 aromatic carbocycles. The molecule has 0 aliphatic carbocycles. The molecule has 0 aliphatic rings. The van der Waals surface area contributed by atoms with Crippen molar-refractivity contribution in [3.63, 3.8) is 0 Å². The van der Waals surface area contributed by atoms with Gasteiger partial charge in [0.2, 0.25) is 5.91 Å². The SMILES string of the molecule is CCc1ccc(-n2c(=S)sc3c(=O)n(-c4ccc(F)cc4)c(SCC(=O)Nc4nccs4)nc32)cc1. The van der Waals surface area contributed by atoms with E-state index >= 15 is 0 Å². The number of rotatable bonds is 7. The van der Waals surface area contributed by atoms with Crippen molar-refractivity contribution in [1.29, 1.82) is 0 Å². The molecular formula is C24H18FN5O2S4. The molecule has 5 rings (SSSR count). The summed E-state index contributed by atoms with van der Waals surface area (Å²) in [6, 6.07) is 13.5. The minimum absolute atomic E-state index is 0.00517. The Bertz CT molecular complexity index is 1660. The van der Waals surface area contributed by atoms with Crippen molar-refractivity contribution < 1.29 is 9.18 Å². The highest BCUT2D eigenvalue weighted by Crippen LogP contribution is 2.28. The monoisotopic (exact) mass is 555 g/mol. The average molecular weight is 556 g/mol. The number of aryl methyl sites for hydroxylation is 1. The first kappa shape index (κ1) is 24.5. The van der Waals surface area contributed by atoms with Gasteiger partial charge in [-0.05, 0) is 60.6 Å². The maximum absolute atomic E-state index is 13.7. The van der Waals surface area contributed by atoms with Crippen LogP contribution in [0.3, 0.4) is 0 Å². The molecule has 0 bridgehead atoms. The number of amides is 1. The van der Waals surface area contributed by atoms with Crippen molar-refractivity contribution in [2.45, 2.75) is 18.5 Å². The van der Waals surface area contributed by atoms with E-state index in [4.69, 9.17) is 17.2 Å². The zero-order valence-electron chi connectivity index (χ0n) is 18.8. The van der Waals surface area contributed by atoms with Crippen LogP contribution in [0.2, 0.25) is 0 Å². The Kier molecular flexibility index (Phi) is 7.10. The standard InChI is InChI=1S/C24H18FN5O2S4/c1-2-14-3-7-16(8-4-14)29-20-19(36-24(29)33)21(32)30(17-9-5-15(25)6-10-17)23(28-20)35-13-18(31)27-22-26-11-12-34-22/h3-12H,2,13H2,1H3,(H,26,27,31). The number of thiazole rings is 2. The third kappa shape index (κ3) is 4.89. The van der Waals surface area contributed by atoms with E-state index in [1.54, 1.807) is 16.1 Å². The van der Waals surface area contributed by atoms with Gasteiger partial charge in [-0.2, -0.15) is 0 Å². The molecule has 0 atom stereocenters. The van der Waals surface area contributed by atoms with Crippen molar-refractivity contribution in [1.82, 2.24) is 19.1 Å². The highest BCUT2D eigenvalue weighted by molar-refractivity contribution is 7.99. The molecule has 3 heterocycles. The molecule has 1 N–H and O–H groups in total. The molecular weight excluding hydrogens is 538 g/mol. The van der Waals surface area contributed by atoms with E-state index in [-0.39, 0.29) is 17.2 Å². The van der Waals surface area contributed by atoms with Crippen molar-refractivity contribution in [2.24, 2.45) is 0 Å². The molecule has 3 aromatic heterocycles. The first-order valence-electron chi connectivity index (χ1n) is 10.8. The second-order valence-electron chi connectivity index (χ2n) is 7.56. The first-order valence-corrected chi connectivity index (χ1v) is 13.9. The summed E-state index contributed by atoms with van der Waals surface area (Å²) in [6.07, 6.45) is 2.50. The summed E-state index contributed by atoms with van der Waals surface area (Å²) in [5, 5.41) is 5.27. The Morgan fingerprint density at radius 3 is 2.47 bits per heavy atom. The van der Waals surface area contributed by atoms with Gasteiger partial charge in [0.25, 0.3) is 5.56 Å². The van der Waals surface area contributed by atoms with Gasteiger partial charge in [0.1, 0.15) is 10.5 Å². The predicted molar refractivity (Wildman–Crippen MR) is 146 cm³/mol. The molecule has 0 aliphatic heterocycles. The minimum Gasteiger partial charge on any atom is -0.301 e. The van der Waals surface area contributed by atoms with Crippen molar-refractivity contribution in [3.05, 3.63) is 85.8 Å². The third-order valence-electron chi connectivity index (χ3n) is 5.28. The zero-order chi connectivity index (χ0) is 25.2. The number of halogens is 1. The largest absolute Gasteiger partial charge is 0.301 e. The fourth-order valence-electron chi connectivity index (χ4n) is 3.53. The lowest BCUT2D eigenvalue weighted by Gasteiger charge is -2.13. The molecule has 0 fully saturated rings. The van der Waals surface area contributed by atoms with E-state index in [2.05, 4.69) is 17.2 Å². The number of hydrogen-bond acceptors (Lipinski definition) is 8. The van der Waals surface area contributed by atoms with Crippen LogP contribution >= 0.6 is 46.7 Å². The second-order valence-corrected chi connectivity index (χ2v) is 11.0. The van der Waals surface area contributed by atoms with Crippen LogP contribution in [0.1, 0.15) is 12.5 Å². The number of carbonyl (C=O) groups is 1. The number of nitrogens with one attached hydrogen (secondary N) is 1. The lowest BCUT2D eigenvalue weighted by Crippen LogP contribution is -2.22. The molecule has 7 nitrogen and oxygen atoms in total. The lowest BCUT2D eigenvalue weighted by molar-refractivity contribution is -0.113. The summed E-state index contributed by atoms with van der Waals surface area (Å²) in [5.74, 6) is -0.711. The highest BCUT2D eigenvalue weighted by Gasteiger charge is 2.20. The third-order valence-corrected chi connectivity index (χ3v) is 8.25. The smallest absolute Gasteiger partial charge is 0.278 e. The van der Waals surface area contributed by atoms with Gasteiger partial charge in [0.05, 0.1) is 11.4 Å². The Morgan fingerprint density at radius 2 is 1.81 bits per heavy atom. The van der Waals surface area contributed by atoms with Crippen LogP contribution in [-0.2, 0) is 11.2 Å². The van der Waals surface area contributed by atoms with Crippen LogP contribution < -0.4 is 10.9 Å². The molecule has 0 saturated carbocycles. The van der Waals surface area contributed by atoms with E-state index < -0.39 is 5.82 Å². The van der Waals surface area contributed by atoms with Crippen LogP contribution in [0.25, 0.3) is 21.7 Å². The first-order chi connectivity index (χ1) is 17.4. The molecule has 5 aromatic rings. The molecule has 0 spiro atoms. The highest BCUT2D eigenvalue weighted by atomic mass is 32.2. The van der Waals surface area contributed by atoms with E-state index in [0.29, 0.717) is 30.3 Å². The molecule has 12 heteroatoms. The number of fused-ring (bicyclic) bond motifs is 1. The average Bonchev–Trinajstić information content (AvgIpc) is 3.51. The van der Waals surface area contributed by atoms with Gasteiger partial charge in [0, 0.05) is 17.3 Å². The Hall–Kier alpha value is -3.19. The van der Waals surface area contributed by atoms with Gasteiger partial charge < -0.3 is 5.32 Å². The number of thioether (sulfide) groups is 1. The molecule has 0 radical (unpaired) electrons. The maximum atomic E-state index is 13.7. The summed E-state index contributed by atoms with van der Waals surface area (Å²) in [5.41, 5.74) is 2.50. The number of anilines is 1.